The van der Waals surface area contributed by atoms with Gasteiger partial charge in [-0.2, -0.15) is 0 Å². The zero-order valence-electron chi connectivity index (χ0n) is 15.8. The second-order valence-electron chi connectivity index (χ2n) is 6.44. The lowest BCUT2D eigenvalue weighted by Gasteiger charge is -2.22. The zero-order valence-corrected chi connectivity index (χ0v) is 16.6. The Hall–Kier alpha value is -3.11. The van der Waals surface area contributed by atoms with Gasteiger partial charge in [-0.1, -0.05) is 66.2 Å². The predicted molar refractivity (Wildman–Crippen MR) is 113 cm³/mol. The van der Waals surface area contributed by atoms with E-state index in [1.807, 2.05) is 24.3 Å². The monoisotopic (exact) mass is 410 g/mol. The Bertz CT molecular complexity index is 1220. The number of methoxy groups -OCH3 is 2. The first-order valence-corrected chi connectivity index (χ1v) is 9.32. The van der Waals surface area contributed by atoms with Gasteiger partial charge in [0.2, 0.25) is 0 Å². The van der Waals surface area contributed by atoms with Crippen LogP contribution in [-0.4, -0.2) is 14.2 Å². The highest BCUT2D eigenvalue weighted by Gasteiger charge is 2.26. The van der Waals surface area contributed by atoms with E-state index in [0.29, 0.717) is 22.6 Å². The van der Waals surface area contributed by atoms with E-state index in [9.17, 15) is 4.39 Å². The molecular formula is C24H17ClF2O2. The molecule has 0 fully saturated rings. The summed E-state index contributed by atoms with van der Waals surface area (Å²) >= 11 is 6.06. The summed E-state index contributed by atoms with van der Waals surface area (Å²) in [6, 6.07) is 18.4. The number of benzene rings is 4. The van der Waals surface area contributed by atoms with Gasteiger partial charge in [-0.3, -0.25) is 0 Å². The summed E-state index contributed by atoms with van der Waals surface area (Å²) < 4.78 is 41.4. The van der Waals surface area contributed by atoms with Crippen LogP contribution in [0.4, 0.5) is 8.78 Å². The Morgan fingerprint density at radius 1 is 0.655 bits per heavy atom. The van der Waals surface area contributed by atoms with Gasteiger partial charge in [0.05, 0.1) is 19.2 Å². The topological polar surface area (TPSA) is 18.5 Å². The molecular weight excluding hydrogens is 394 g/mol. The largest absolute Gasteiger partial charge is 0.495 e. The third-order valence-corrected chi connectivity index (χ3v) is 5.18. The molecule has 0 saturated carbocycles. The average Bonchev–Trinajstić information content (AvgIpc) is 2.74. The van der Waals surface area contributed by atoms with Gasteiger partial charge in [0.1, 0.15) is 23.1 Å². The standard InChI is InChI=1S/C24H17ClF2O2/c1-28-23-14-8-3-4-9-15(14)24(29-2)21(17-11-7-12-18(25)22(17)27)20(23)16-10-5-6-13-19(16)26/h3-13H,1-2H3. The number of hydrogen-bond donors (Lipinski definition) is 0. The van der Waals surface area contributed by atoms with Crippen molar-refractivity contribution >= 4 is 22.4 Å². The first-order valence-electron chi connectivity index (χ1n) is 8.94. The summed E-state index contributed by atoms with van der Waals surface area (Å²) in [5.74, 6) is -0.212. The second kappa shape index (κ2) is 7.72. The summed E-state index contributed by atoms with van der Waals surface area (Å²) in [6.07, 6.45) is 0. The van der Waals surface area contributed by atoms with Crippen LogP contribution < -0.4 is 9.47 Å². The molecule has 4 aromatic carbocycles. The Labute approximate surface area is 172 Å². The van der Waals surface area contributed by atoms with Crippen LogP contribution in [-0.2, 0) is 0 Å². The lowest BCUT2D eigenvalue weighted by Crippen LogP contribution is -2.00. The average molecular weight is 411 g/mol. The minimum Gasteiger partial charge on any atom is -0.495 e. The number of hydrogen-bond acceptors (Lipinski definition) is 2. The molecule has 0 aromatic heterocycles. The molecule has 4 aromatic rings. The van der Waals surface area contributed by atoms with Gasteiger partial charge in [0.25, 0.3) is 0 Å². The maximum atomic E-state index is 15.1. The van der Waals surface area contributed by atoms with Crippen molar-refractivity contribution in [2.75, 3.05) is 14.2 Å². The third-order valence-electron chi connectivity index (χ3n) is 4.89. The fourth-order valence-corrected chi connectivity index (χ4v) is 3.85. The third kappa shape index (κ3) is 3.10. The molecule has 2 nitrogen and oxygen atoms in total. The van der Waals surface area contributed by atoms with Gasteiger partial charge in [-0.05, 0) is 12.1 Å². The normalized spacial score (nSPS) is 10.9. The van der Waals surface area contributed by atoms with Crippen molar-refractivity contribution in [1.29, 1.82) is 0 Å². The van der Waals surface area contributed by atoms with Gasteiger partial charge in [0.15, 0.2) is 0 Å². The molecule has 0 aliphatic rings. The van der Waals surface area contributed by atoms with Crippen LogP contribution in [0.25, 0.3) is 33.0 Å². The van der Waals surface area contributed by atoms with Crippen molar-refractivity contribution in [3.05, 3.63) is 83.4 Å². The second-order valence-corrected chi connectivity index (χ2v) is 6.85. The SMILES string of the molecule is COc1c(-c2ccccc2F)c(-c2cccc(Cl)c2F)c(OC)c2ccccc12. The van der Waals surface area contributed by atoms with Crippen molar-refractivity contribution < 1.29 is 18.3 Å². The maximum absolute atomic E-state index is 15.1. The number of ether oxygens (including phenoxy) is 2. The number of halogens is 3. The van der Waals surface area contributed by atoms with Crippen LogP contribution in [0.3, 0.4) is 0 Å². The molecule has 0 heterocycles. The summed E-state index contributed by atoms with van der Waals surface area (Å²) in [5, 5.41) is 1.42. The first-order chi connectivity index (χ1) is 14.1. The lowest BCUT2D eigenvalue weighted by molar-refractivity contribution is 0.412. The molecule has 0 unspecified atom stereocenters. The molecule has 29 heavy (non-hydrogen) atoms. The molecule has 5 heteroatoms. The summed E-state index contributed by atoms with van der Waals surface area (Å²) in [7, 11) is 3.02. The fourth-order valence-electron chi connectivity index (χ4n) is 3.67. The summed E-state index contributed by atoms with van der Waals surface area (Å²) in [4.78, 5) is 0. The minimum atomic E-state index is -0.609. The Kier molecular flexibility index (Phi) is 5.12. The van der Waals surface area contributed by atoms with E-state index in [1.165, 1.54) is 26.4 Å². The molecule has 0 spiro atoms. The minimum absolute atomic E-state index is 0.0313. The van der Waals surface area contributed by atoms with Crippen LogP contribution in [0.5, 0.6) is 11.5 Å². The van der Waals surface area contributed by atoms with Crippen molar-refractivity contribution in [3.8, 4) is 33.8 Å². The smallest absolute Gasteiger partial charge is 0.149 e. The Morgan fingerprint density at radius 3 is 1.76 bits per heavy atom. The van der Waals surface area contributed by atoms with E-state index < -0.39 is 11.6 Å². The molecule has 0 amide bonds. The maximum Gasteiger partial charge on any atom is 0.149 e. The van der Waals surface area contributed by atoms with Crippen molar-refractivity contribution in [2.24, 2.45) is 0 Å². The highest BCUT2D eigenvalue weighted by atomic mass is 35.5. The van der Waals surface area contributed by atoms with Crippen LogP contribution >= 0.6 is 11.6 Å². The van der Waals surface area contributed by atoms with Crippen LogP contribution in [0.15, 0.2) is 66.7 Å². The van der Waals surface area contributed by atoms with E-state index in [4.69, 9.17) is 21.1 Å². The van der Waals surface area contributed by atoms with Crippen LogP contribution in [0, 0.1) is 11.6 Å². The lowest BCUT2D eigenvalue weighted by atomic mass is 9.88. The number of fused-ring (bicyclic) bond motifs is 1. The Morgan fingerprint density at radius 2 is 1.17 bits per heavy atom. The van der Waals surface area contributed by atoms with Crippen molar-refractivity contribution in [3.63, 3.8) is 0 Å². The highest BCUT2D eigenvalue weighted by molar-refractivity contribution is 6.31. The molecule has 4 rings (SSSR count). The first kappa shape index (κ1) is 19.2. The van der Waals surface area contributed by atoms with Gasteiger partial charge < -0.3 is 9.47 Å². The van der Waals surface area contributed by atoms with E-state index in [-0.39, 0.29) is 16.1 Å². The van der Waals surface area contributed by atoms with E-state index in [2.05, 4.69) is 0 Å². The zero-order chi connectivity index (χ0) is 20.5. The molecule has 0 N–H and O–H groups in total. The molecule has 0 aliphatic heterocycles. The fraction of sp³-hybridized carbons (Fsp3) is 0.0833. The van der Waals surface area contributed by atoms with E-state index in [1.54, 1.807) is 30.3 Å². The van der Waals surface area contributed by atoms with Crippen LogP contribution in [0.1, 0.15) is 0 Å². The van der Waals surface area contributed by atoms with Gasteiger partial charge >= 0.3 is 0 Å². The van der Waals surface area contributed by atoms with Crippen LogP contribution in [0.2, 0.25) is 5.02 Å². The van der Waals surface area contributed by atoms with Gasteiger partial charge in [-0.15, -0.1) is 0 Å². The summed E-state index contributed by atoms with van der Waals surface area (Å²) in [6.45, 7) is 0. The van der Waals surface area contributed by atoms with Gasteiger partial charge in [-0.25, -0.2) is 8.78 Å². The van der Waals surface area contributed by atoms with Gasteiger partial charge in [0, 0.05) is 33.0 Å². The number of rotatable bonds is 4. The summed E-state index contributed by atoms with van der Waals surface area (Å²) in [5.41, 5.74) is 1.27. The van der Waals surface area contributed by atoms with Crippen molar-refractivity contribution in [2.45, 2.75) is 0 Å². The molecule has 146 valence electrons. The quantitative estimate of drug-likeness (QED) is 0.356. The van der Waals surface area contributed by atoms with E-state index in [0.717, 1.165) is 10.8 Å². The predicted octanol–water partition coefficient (Wildman–Crippen LogP) is 7.12. The molecule has 0 radical (unpaired) electrons. The highest BCUT2D eigenvalue weighted by Crippen LogP contribution is 2.51. The molecule has 0 saturated heterocycles. The molecule has 0 bridgehead atoms. The van der Waals surface area contributed by atoms with Crippen molar-refractivity contribution in [1.82, 2.24) is 0 Å². The van der Waals surface area contributed by atoms with E-state index >= 15 is 4.39 Å². The Balaban J connectivity index is 2.28. The molecule has 0 atom stereocenters. The molecule has 0 aliphatic carbocycles.